The summed E-state index contributed by atoms with van der Waals surface area (Å²) in [6.45, 7) is 14.0. The Kier molecular flexibility index (Phi) is 11.6. The van der Waals surface area contributed by atoms with Crippen molar-refractivity contribution in [1.29, 1.82) is 0 Å². The molecule has 0 fully saturated rings. The van der Waals surface area contributed by atoms with Gasteiger partial charge in [-0.1, -0.05) is 41.5 Å². The van der Waals surface area contributed by atoms with Crippen LogP contribution in [0.2, 0.25) is 0 Å². The lowest BCUT2D eigenvalue weighted by Gasteiger charge is -2.08. The molecule has 4 heterocycles. The minimum atomic E-state index is 0.752. The Bertz CT molecular complexity index is 958. The number of fused-ring (bicyclic) bond motifs is 1. The number of imidazole rings is 1. The van der Waals surface area contributed by atoms with Gasteiger partial charge in [-0.25, -0.2) is 9.97 Å². The first kappa shape index (κ1) is 25.1. The number of anilines is 2. The molecule has 0 bridgehead atoms. The van der Waals surface area contributed by atoms with Gasteiger partial charge < -0.3 is 5.32 Å². The fourth-order valence-corrected chi connectivity index (χ4v) is 4.02. The topological polar surface area (TPSA) is 55.1 Å². The lowest BCUT2D eigenvalue weighted by molar-refractivity contribution is 1.03. The normalized spacial score (nSPS) is 9.52. The molecule has 8 heteroatoms. The highest BCUT2D eigenvalue weighted by Gasteiger charge is 2.14. The molecule has 0 saturated carbocycles. The van der Waals surface area contributed by atoms with E-state index in [4.69, 9.17) is 0 Å². The van der Waals surface area contributed by atoms with Crippen molar-refractivity contribution in [3.8, 4) is 11.3 Å². The second-order valence-electron chi connectivity index (χ2n) is 4.94. The van der Waals surface area contributed by atoms with Crippen molar-refractivity contribution in [3.05, 3.63) is 41.0 Å². The third-order valence-corrected chi connectivity index (χ3v) is 5.46. The van der Waals surface area contributed by atoms with E-state index >= 15 is 0 Å². The summed E-state index contributed by atoms with van der Waals surface area (Å²) in [5.74, 6) is 0.752. The highest BCUT2D eigenvalue weighted by molar-refractivity contribution is 7.98. The zero-order chi connectivity index (χ0) is 21.8. The monoisotopic (exact) mass is 449 g/mol. The van der Waals surface area contributed by atoms with Gasteiger partial charge in [0.2, 0.25) is 0 Å². The minimum Gasteiger partial charge on any atom is -0.328 e. The summed E-state index contributed by atoms with van der Waals surface area (Å²) in [6, 6.07) is 4.12. The van der Waals surface area contributed by atoms with Crippen LogP contribution in [0.5, 0.6) is 0 Å². The van der Waals surface area contributed by atoms with Gasteiger partial charge in [-0.3, -0.25) is 4.40 Å². The summed E-state index contributed by atoms with van der Waals surface area (Å²) >= 11 is 4.72. The predicted octanol–water partition coefficient (Wildman–Crippen LogP) is 7.77. The molecule has 0 aliphatic rings. The molecule has 0 radical (unpaired) electrons. The van der Waals surface area contributed by atoms with Gasteiger partial charge in [0, 0.05) is 17.1 Å². The van der Waals surface area contributed by atoms with Crippen LogP contribution in [0.3, 0.4) is 0 Å². The molecule has 4 aromatic rings. The van der Waals surface area contributed by atoms with Crippen molar-refractivity contribution in [2.45, 2.75) is 53.5 Å². The van der Waals surface area contributed by atoms with Crippen molar-refractivity contribution in [2.75, 3.05) is 11.6 Å². The number of aryl methyl sites for hydroxylation is 1. The molecule has 29 heavy (non-hydrogen) atoms. The molecule has 0 aliphatic carbocycles. The molecule has 0 unspecified atom stereocenters. The van der Waals surface area contributed by atoms with Crippen molar-refractivity contribution >= 4 is 51.1 Å². The molecule has 4 rings (SSSR count). The summed E-state index contributed by atoms with van der Waals surface area (Å²) in [4.78, 5) is 9.24. The van der Waals surface area contributed by atoms with Gasteiger partial charge in [-0.05, 0) is 42.2 Å². The van der Waals surface area contributed by atoms with Crippen LogP contribution in [0.1, 0.15) is 47.2 Å². The number of hydrogen-bond donors (Lipinski definition) is 1. The van der Waals surface area contributed by atoms with Crippen LogP contribution >= 0.6 is 34.6 Å². The van der Waals surface area contributed by atoms with Gasteiger partial charge in [-0.15, -0.1) is 11.8 Å². The minimum absolute atomic E-state index is 0.752. The molecule has 0 aromatic carbocycles. The maximum atomic E-state index is 4.67. The van der Waals surface area contributed by atoms with Crippen LogP contribution in [0.15, 0.2) is 40.3 Å². The SMILES string of the molecule is CC.CC.CC.CSc1cn2c(-c3ccsc3)cnc2c(Nc2cc(C)ns2)n1. The van der Waals surface area contributed by atoms with Crippen molar-refractivity contribution in [1.82, 2.24) is 18.7 Å². The number of nitrogens with zero attached hydrogens (tertiary/aromatic N) is 4. The molecule has 0 amide bonds. The smallest absolute Gasteiger partial charge is 0.181 e. The van der Waals surface area contributed by atoms with Gasteiger partial charge >= 0.3 is 0 Å². The Balaban J connectivity index is 0.000000644. The standard InChI is InChI=1S/C15H13N5S3.3C2H6/c1-9-5-12(23-19-9)17-14-15-16-6-11(10-3-4-22-8-10)20(15)7-13(18-14)21-2;3*1-2/h3-8H,1-2H3,(H,17,18);3*1-2H3. The predicted molar refractivity (Wildman–Crippen MR) is 132 cm³/mol. The largest absolute Gasteiger partial charge is 0.328 e. The maximum absolute atomic E-state index is 4.67. The van der Waals surface area contributed by atoms with Crippen LogP contribution in [0.4, 0.5) is 10.8 Å². The number of thioether (sulfide) groups is 1. The fourth-order valence-electron chi connectivity index (χ4n) is 2.31. The number of thiophene rings is 1. The first-order valence-corrected chi connectivity index (χ1v) is 12.8. The molecule has 0 spiro atoms. The average molecular weight is 450 g/mol. The van der Waals surface area contributed by atoms with Gasteiger partial charge in [-0.2, -0.15) is 15.7 Å². The number of aromatic nitrogens is 4. The van der Waals surface area contributed by atoms with Gasteiger partial charge in [0.1, 0.15) is 10.0 Å². The maximum Gasteiger partial charge on any atom is 0.181 e. The fraction of sp³-hybridized carbons (Fsp3) is 0.381. The molecule has 0 aliphatic heterocycles. The third-order valence-electron chi connectivity index (χ3n) is 3.37. The third kappa shape index (κ3) is 6.29. The van der Waals surface area contributed by atoms with E-state index in [2.05, 4.69) is 40.9 Å². The lowest BCUT2D eigenvalue weighted by Crippen LogP contribution is -1.99. The van der Waals surface area contributed by atoms with Crippen molar-refractivity contribution < 1.29 is 0 Å². The van der Waals surface area contributed by atoms with E-state index in [1.165, 1.54) is 17.1 Å². The number of rotatable bonds is 4. The average Bonchev–Trinajstić information content (AvgIpc) is 3.53. The quantitative estimate of drug-likeness (QED) is 0.322. The molecule has 4 aromatic heterocycles. The molecule has 5 nitrogen and oxygen atoms in total. The van der Waals surface area contributed by atoms with E-state index in [1.54, 1.807) is 23.1 Å². The zero-order valence-electron chi connectivity index (χ0n) is 18.5. The van der Waals surface area contributed by atoms with E-state index in [0.717, 1.165) is 32.9 Å². The van der Waals surface area contributed by atoms with E-state index in [9.17, 15) is 0 Å². The molecule has 0 atom stereocenters. The highest BCUT2D eigenvalue weighted by atomic mass is 32.2. The molecule has 158 valence electrons. The van der Waals surface area contributed by atoms with Crippen LogP contribution in [0, 0.1) is 6.92 Å². The van der Waals surface area contributed by atoms with E-state index in [-0.39, 0.29) is 0 Å². The second-order valence-corrected chi connectivity index (χ2v) is 7.35. The van der Waals surface area contributed by atoms with Crippen LogP contribution in [-0.2, 0) is 0 Å². The number of nitrogens with one attached hydrogen (secondary N) is 1. The lowest BCUT2D eigenvalue weighted by atomic mass is 10.3. The summed E-state index contributed by atoms with van der Waals surface area (Å²) in [5.41, 5.74) is 4.05. The Morgan fingerprint density at radius 2 is 1.83 bits per heavy atom. The first-order chi connectivity index (χ1) is 14.2. The summed E-state index contributed by atoms with van der Waals surface area (Å²) < 4.78 is 6.40. The molecule has 0 saturated heterocycles. The Hall–Kier alpha value is -1.90. The van der Waals surface area contributed by atoms with Crippen LogP contribution in [-0.4, -0.2) is 25.0 Å². The molecule has 1 N–H and O–H groups in total. The van der Waals surface area contributed by atoms with Gasteiger partial charge in [0.15, 0.2) is 11.5 Å². The summed E-state index contributed by atoms with van der Waals surface area (Å²) in [5, 5.41) is 9.46. The van der Waals surface area contributed by atoms with Gasteiger partial charge in [0.25, 0.3) is 0 Å². The van der Waals surface area contributed by atoms with Gasteiger partial charge in [0.05, 0.1) is 17.6 Å². The first-order valence-electron chi connectivity index (χ1n) is 9.89. The summed E-state index contributed by atoms with van der Waals surface area (Å²) in [6.07, 6.45) is 5.95. The van der Waals surface area contributed by atoms with E-state index in [1.807, 2.05) is 73.2 Å². The Morgan fingerprint density at radius 1 is 1.10 bits per heavy atom. The van der Waals surface area contributed by atoms with E-state index < -0.39 is 0 Å². The van der Waals surface area contributed by atoms with Crippen molar-refractivity contribution in [2.24, 2.45) is 0 Å². The van der Waals surface area contributed by atoms with E-state index in [0.29, 0.717) is 0 Å². The molecular weight excluding hydrogens is 418 g/mol. The second kappa shape index (κ2) is 13.3. The Morgan fingerprint density at radius 3 is 2.38 bits per heavy atom. The van der Waals surface area contributed by atoms with Crippen LogP contribution < -0.4 is 5.32 Å². The van der Waals surface area contributed by atoms with Crippen LogP contribution in [0.25, 0.3) is 16.9 Å². The molecular formula is C21H31N5S3. The Labute approximate surface area is 186 Å². The number of hydrogen-bond acceptors (Lipinski definition) is 7. The van der Waals surface area contributed by atoms with Crippen molar-refractivity contribution in [3.63, 3.8) is 0 Å². The highest BCUT2D eigenvalue weighted by Crippen LogP contribution is 2.30. The summed E-state index contributed by atoms with van der Waals surface area (Å²) in [7, 11) is 0. The zero-order valence-corrected chi connectivity index (χ0v) is 20.9.